The first-order valence-electron chi connectivity index (χ1n) is 9.39. The number of hydrogen-bond acceptors (Lipinski definition) is 4. The van der Waals surface area contributed by atoms with E-state index in [2.05, 4.69) is 15.6 Å². The molecule has 5 rings (SSSR count). The third-order valence-corrected chi connectivity index (χ3v) is 4.91. The van der Waals surface area contributed by atoms with Gasteiger partial charge in [-0.1, -0.05) is 6.07 Å². The van der Waals surface area contributed by atoms with Gasteiger partial charge in [-0.05, 0) is 61.5 Å². The van der Waals surface area contributed by atoms with Crippen molar-refractivity contribution in [3.05, 3.63) is 84.2 Å². The van der Waals surface area contributed by atoms with Crippen LogP contribution in [0.1, 0.15) is 11.5 Å². The van der Waals surface area contributed by atoms with Gasteiger partial charge in [0.15, 0.2) is 0 Å². The van der Waals surface area contributed by atoms with Crippen LogP contribution in [0, 0.1) is 12.7 Å². The number of pyridine rings is 1. The third kappa shape index (κ3) is 3.29. The average molecular weight is 386 g/mol. The summed E-state index contributed by atoms with van der Waals surface area (Å²) in [6.45, 7) is 2.50. The normalized spacial score (nSPS) is 11.2. The number of nitrogens with one attached hydrogen (secondary N) is 3. The lowest BCUT2D eigenvalue weighted by molar-refractivity contribution is 0.490. The van der Waals surface area contributed by atoms with Gasteiger partial charge in [-0.15, -0.1) is 0 Å². The molecule has 3 heterocycles. The molecule has 144 valence electrons. The number of anilines is 3. The summed E-state index contributed by atoms with van der Waals surface area (Å²) in [6.07, 6.45) is 1.74. The maximum Gasteiger partial charge on any atom is 0.147 e. The number of nitrogens with zero attached hydrogens (tertiary/aromatic N) is 1. The van der Waals surface area contributed by atoms with E-state index in [1.165, 1.54) is 6.07 Å². The predicted octanol–water partition coefficient (Wildman–Crippen LogP) is 6.11. The molecule has 0 aliphatic rings. The summed E-state index contributed by atoms with van der Waals surface area (Å²) in [5.41, 5.74) is 3.11. The van der Waals surface area contributed by atoms with Crippen molar-refractivity contribution in [3.8, 4) is 0 Å². The number of aromatic amines is 1. The molecule has 0 aliphatic carbocycles. The second-order valence-corrected chi connectivity index (χ2v) is 6.92. The second kappa shape index (κ2) is 6.98. The summed E-state index contributed by atoms with van der Waals surface area (Å²) >= 11 is 0. The van der Waals surface area contributed by atoms with Crippen LogP contribution in [0.3, 0.4) is 0 Å². The molecule has 29 heavy (non-hydrogen) atoms. The number of aryl methyl sites for hydroxylation is 1. The first kappa shape index (κ1) is 17.3. The van der Waals surface area contributed by atoms with E-state index in [0.29, 0.717) is 12.1 Å². The summed E-state index contributed by atoms with van der Waals surface area (Å²) in [4.78, 5) is 7.65. The maximum atomic E-state index is 13.9. The monoisotopic (exact) mass is 386 g/mol. The number of halogens is 1. The van der Waals surface area contributed by atoms with E-state index in [1.807, 2.05) is 55.5 Å². The summed E-state index contributed by atoms with van der Waals surface area (Å²) in [7, 11) is 0. The minimum atomic E-state index is -0.266. The maximum absolute atomic E-state index is 13.9. The SMILES string of the molecule is Cc1ccc(CNc2ccc3c(Nc4ccc(F)c5[nH]ccc45)cccc3n2)o1. The lowest BCUT2D eigenvalue weighted by atomic mass is 10.1. The van der Waals surface area contributed by atoms with Crippen molar-refractivity contribution in [2.45, 2.75) is 13.5 Å². The van der Waals surface area contributed by atoms with E-state index >= 15 is 0 Å². The fourth-order valence-electron chi connectivity index (χ4n) is 3.50. The topological polar surface area (TPSA) is 65.9 Å². The Labute approximate surface area is 166 Å². The Balaban J connectivity index is 1.44. The molecule has 6 heteroatoms. The number of benzene rings is 2. The van der Waals surface area contributed by atoms with Gasteiger partial charge in [0, 0.05) is 28.3 Å². The molecule has 0 spiro atoms. The van der Waals surface area contributed by atoms with Gasteiger partial charge in [-0.3, -0.25) is 0 Å². The molecule has 0 saturated carbocycles. The highest BCUT2D eigenvalue weighted by atomic mass is 19.1. The zero-order valence-electron chi connectivity index (χ0n) is 15.8. The lowest BCUT2D eigenvalue weighted by Crippen LogP contribution is -2.01. The summed E-state index contributed by atoms with van der Waals surface area (Å²) < 4.78 is 19.5. The molecular weight excluding hydrogens is 367 g/mol. The van der Waals surface area contributed by atoms with E-state index in [1.54, 1.807) is 12.3 Å². The van der Waals surface area contributed by atoms with Crippen LogP contribution in [-0.4, -0.2) is 9.97 Å². The molecule has 5 nitrogen and oxygen atoms in total. The molecule has 0 aliphatic heterocycles. The number of furan rings is 1. The van der Waals surface area contributed by atoms with Gasteiger partial charge in [0.1, 0.15) is 23.2 Å². The van der Waals surface area contributed by atoms with Gasteiger partial charge >= 0.3 is 0 Å². The molecular formula is C23H19FN4O. The summed E-state index contributed by atoms with van der Waals surface area (Å²) in [5, 5.41) is 8.51. The Kier molecular flexibility index (Phi) is 4.17. The molecule has 0 radical (unpaired) electrons. The zero-order chi connectivity index (χ0) is 19.8. The number of hydrogen-bond donors (Lipinski definition) is 3. The second-order valence-electron chi connectivity index (χ2n) is 6.92. The Morgan fingerprint density at radius 2 is 1.86 bits per heavy atom. The summed E-state index contributed by atoms with van der Waals surface area (Å²) in [6, 6.07) is 18.9. The van der Waals surface area contributed by atoms with Gasteiger partial charge in [0.2, 0.25) is 0 Å². The van der Waals surface area contributed by atoms with Crippen molar-refractivity contribution < 1.29 is 8.81 Å². The zero-order valence-corrected chi connectivity index (χ0v) is 15.8. The van der Waals surface area contributed by atoms with Crippen LogP contribution >= 0.6 is 0 Å². The van der Waals surface area contributed by atoms with E-state index in [0.717, 1.165) is 45.0 Å². The Morgan fingerprint density at radius 3 is 2.72 bits per heavy atom. The van der Waals surface area contributed by atoms with E-state index < -0.39 is 0 Å². The van der Waals surface area contributed by atoms with Crippen LogP contribution < -0.4 is 10.6 Å². The molecule has 5 aromatic rings. The standard InChI is InChI=1S/C23H19FN4O/c1-14-5-6-15(29-14)13-26-22-10-7-16-19(3-2-4-20(16)28-22)27-21-9-8-18(24)23-17(21)11-12-25-23/h2-12,25,27H,13H2,1H3,(H,26,28). The number of H-pyrrole nitrogens is 1. The van der Waals surface area contributed by atoms with E-state index in [4.69, 9.17) is 9.40 Å². The number of rotatable bonds is 5. The largest absolute Gasteiger partial charge is 0.465 e. The van der Waals surface area contributed by atoms with Gasteiger partial charge in [-0.2, -0.15) is 0 Å². The van der Waals surface area contributed by atoms with Crippen molar-refractivity contribution >= 4 is 39.0 Å². The molecule has 0 atom stereocenters. The fourth-order valence-corrected chi connectivity index (χ4v) is 3.50. The average Bonchev–Trinajstić information content (AvgIpc) is 3.38. The Hall–Kier alpha value is -3.80. The first-order chi connectivity index (χ1) is 14.2. The minimum absolute atomic E-state index is 0.266. The van der Waals surface area contributed by atoms with Crippen LogP contribution in [-0.2, 0) is 6.54 Å². The molecule has 0 amide bonds. The van der Waals surface area contributed by atoms with Gasteiger partial charge in [0.25, 0.3) is 0 Å². The molecule has 3 aromatic heterocycles. The third-order valence-electron chi connectivity index (χ3n) is 4.91. The highest BCUT2D eigenvalue weighted by Crippen LogP contribution is 2.31. The number of aromatic nitrogens is 2. The molecule has 0 unspecified atom stereocenters. The summed E-state index contributed by atoms with van der Waals surface area (Å²) in [5.74, 6) is 2.27. The van der Waals surface area contributed by atoms with Crippen molar-refractivity contribution in [2.75, 3.05) is 10.6 Å². The number of fused-ring (bicyclic) bond motifs is 2. The Morgan fingerprint density at radius 1 is 0.966 bits per heavy atom. The molecule has 0 saturated heterocycles. The smallest absolute Gasteiger partial charge is 0.147 e. The van der Waals surface area contributed by atoms with Crippen molar-refractivity contribution in [1.82, 2.24) is 9.97 Å². The van der Waals surface area contributed by atoms with Crippen LogP contribution in [0.5, 0.6) is 0 Å². The molecule has 0 bridgehead atoms. The predicted molar refractivity (Wildman–Crippen MR) is 114 cm³/mol. The van der Waals surface area contributed by atoms with Crippen LogP contribution in [0.15, 0.2) is 71.3 Å². The first-order valence-corrected chi connectivity index (χ1v) is 9.39. The van der Waals surface area contributed by atoms with Crippen molar-refractivity contribution in [2.24, 2.45) is 0 Å². The Bertz CT molecular complexity index is 1320. The molecule has 2 aromatic carbocycles. The highest BCUT2D eigenvalue weighted by molar-refractivity contribution is 5.99. The van der Waals surface area contributed by atoms with E-state index in [9.17, 15) is 4.39 Å². The lowest BCUT2D eigenvalue weighted by Gasteiger charge is -2.12. The molecule has 3 N–H and O–H groups in total. The quantitative estimate of drug-likeness (QED) is 0.341. The van der Waals surface area contributed by atoms with Gasteiger partial charge in [-0.25, -0.2) is 9.37 Å². The van der Waals surface area contributed by atoms with Crippen molar-refractivity contribution in [1.29, 1.82) is 0 Å². The highest BCUT2D eigenvalue weighted by Gasteiger charge is 2.09. The van der Waals surface area contributed by atoms with Gasteiger partial charge in [0.05, 0.1) is 17.6 Å². The van der Waals surface area contributed by atoms with Crippen LogP contribution in [0.2, 0.25) is 0 Å². The molecule has 0 fully saturated rings. The van der Waals surface area contributed by atoms with Crippen LogP contribution in [0.25, 0.3) is 21.8 Å². The van der Waals surface area contributed by atoms with Crippen LogP contribution in [0.4, 0.5) is 21.6 Å². The fraction of sp³-hybridized carbons (Fsp3) is 0.0870. The van der Waals surface area contributed by atoms with Crippen molar-refractivity contribution in [3.63, 3.8) is 0 Å². The minimum Gasteiger partial charge on any atom is -0.465 e. The van der Waals surface area contributed by atoms with Gasteiger partial charge < -0.3 is 20.0 Å². The van der Waals surface area contributed by atoms with E-state index in [-0.39, 0.29) is 5.82 Å².